The molecule has 0 spiro atoms. The molecule has 1 aromatic rings. The van der Waals surface area contributed by atoms with Crippen molar-refractivity contribution in [2.45, 2.75) is 6.92 Å². The Morgan fingerprint density at radius 2 is 2.17 bits per heavy atom. The van der Waals surface area contributed by atoms with Crippen molar-refractivity contribution in [1.82, 2.24) is 0 Å². The lowest BCUT2D eigenvalue weighted by molar-refractivity contribution is 0.0998. The number of carbonyl (C=O) groups is 1. The monoisotopic (exact) mass is 165 g/mol. The van der Waals surface area contributed by atoms with E-state index in [0.717, 1.165) is 0 Å². The van der Waals surface area contributed by atoms with Gasteiger partial charge in [-0.05, 0) is 18.6 Å². The molecule has 12 heavy (non-hydrogen) atoms. The van der Waals surface area contributed by atoms with Crippen LogP contribution in [0, 0.1) is 11.8 Å². The molecular formula is C8H7NO3. The van der Waals surface area contributed by atoms with Gasteiger partial charge >= 0.3 is 5.91 Å². The molecule has 0 saturated carbocycles. The number of amides is 1. The first-order valence-electron chi connectivity index (χ1n) is 3.33. The molecule has 4 heteroatoms. The van der Waals surface area contributed by atoms with Gasteiger partial charge in [0.05, 0.1) is 5.56 Å². The number of nitroso groups, excluding NO2 is 1. The van der Waals surface area contributed by atoms with Crippen LogP contribution in [-0.4, -0.2) is 11.0 Å². The Balaban J connectivity index is 3.25. The van der Waals surface area contributed by atoms with Crippen LogP contribution in [-0.2, 0) is 0 Å². The second-order valence-electron chi connectivity index (χ2n) is 2.37. The number of hydrogen-bond acceptors (Lipinski definition) is 3. The van der Waals surface area contributed by atoms with Crippen molar-refractivity contribution in [3.63, 3.8) is 0 Å². The van der Waals surface area contributed by atoms with Gasteiger partial charge in [0.2, 0.25) is 0 Å². The van der Waals surface area contributed by atoms with Crippen molar-refractivity contribution in [1.29, 1.82) is 0 Å². The van der Waals surface area contributed by atoms with Gasteiger partial charge in [-0.3, -0.25) is 4.79 Å². The summed E-state index contributed by atoms with van der Waals surface area (Å²) in [7, 11) is 0. The number of para-hydroxylation sites is 1. The van der Waals surface area contributed by atoms with Gasteiger partial charge in [-0.1, -0.05) is 12.1 Å². The van der Waals surface area contributed by atoms with E-state index >= 15 is 0 Å². The van der Waals surface area contributed by atoms with E-state index in [0.29, 0.717) is 5.56 Å². The molecule has 1 aromatic carbocycles. The lowest BCUT2D eigenvalue weighted by atomic mass is 10.1. The van der Waals surface area contributed by atoms with E-state index in [1.165, 1.54) is 6.07 Å². The molecule has 0 aliphatic heterocycles. The van der Waals surface area contributed by atoms with Crippen LogP contribution in [0.4, 0.5) is 0 Å². The van der Waals surface area contributed by atoms with E-state index in [9.17, 15) is 14.8 Å². The second-order valence-corrected chi connectivity index (χ2v) is 2.37. The Labute approximate surface area is 68.8 Å². The van der Waals surface area contributed by atoms with E-state index in [1.807, 2.05) is 0 Å². The highest BCUT2D eigenvalue weighted by Gasteiger charge is 2.11. The molecule has 62 valence electrons. The van der Waals surface area contributed by atoms with Crippen LogP contribution >= 0.6 is 0 Å². The molecule has 4 nitrogen and oxygen atoms in total. The Kier molecular flexibility index (Phi) is 2.19. The molecule has 0 heterocycles. The third-order valence-corrected chi connectivity index (χ3v) is 1.55. The first-order chi connectivity index (χ1) is 5.66. The van der Waals surface area contributed by atoms with Gasteiger partial charge in [0.1, 0.15) is 5.75 Å². The van der Waals surface area contributed by atoms with Crippen LogP contribution in [0.15, 0.2) is 23.4 Å². The minimum Gasteiger partial charge on any atom is -0.507 e. The maximum Gasteiger partial charge on any atom is 0.320 e. The van der Waals surface area contributed by atoms with Crippen molar-refractivity contribution in [3.05, 3.63) is 34.2 Å². The number of aromatic hydroxyl groups is 1. The summed E-state index contributed by atoms with van der Waals surface area (Å²) in [5.41, 5.74) is 0.495. The topological polar surface area (TPSA) is 66.7 Å². The molecule has 0 aliphatic carbocycles. The molecule has 0 aliphatic rings. The highest BCUT2D eigenvalue weighted by Crippen LogP contribution is 2.21. The molecule has 0 bridgehead atoms. The molecule has 1 amide bonds. The van der Waals surface area contributed by atoms with E-state index < -0.39 is 5.91 Å². The summed E-state index contributed by atoms with van der Waals surface area (Å²) in [6.07, 6.45) is 0. The predicted octanol–water partition coefficient (Wildman–Crippen LogP) is 1.61. The molecule has 0 atom stereocenters. The maximum absolute atomic E-state index is 10.7. The first-order valence-corrected chi connectivity index (χ1v) is 3.33. The van der Waals surface area contributed by atoms with E-state index in [4.69, 9.17) is 0 Å². The number of hydrogen-bond donors (Lipinski definition) is 1. The van der Waals surface area contributed by atoms with Crippen LogP contribution in [0.5, 0.6) is 5.75 Å². The third-order valence-electron chi connectivity index (χ3n) is 1.55. The summed E-state index contributed by atoms with van der Waals surface area (Å²) in [6, 6.07) is 4.57. The van der Waals surface area contributed by atoms with Gasteiger partial charge in [-0.2, -0.15) is 0 Å². The zero-order chi connectivity index (χ0) is 9.14. The van der Waals surface area contributed by atoms with Crippen molar-refractivity contribution >= 4 is 5.91 Å². The van der Waals surface area contributed by atoms with Crippen molar-refractivity contribution < 1.29 is 9.90 Å². The smallest absolute Gasteiger partial charge is 0.320 e. The highest BCUT2D eigenvalue weighted by atomic mass is 16.3. The molecule has 0 unspecified atom stereocenters. The number of phenolic OH excluding ortho intramolecular Hbond substituents is 1. The SMILES string of the molecule is Cc1cccc(C(=O)N=O)c1O. The Hall–Kier alpha value is -1.71. The average Bonchev–Trinajstić information content (AvgIpc) is 2.08. The van der Waals surface area contributed by atoms with Crippen molar-refractivity contribution in [2.75, 3.05) is 0 Å². The summed E-state index contributed by atoms with van der Waals surface area (Å²) < 4.78 is 0. The van der Waals surface area contributed by atoms with E-state index in [1.54, 1.807) is 19.1 Å². The maximum atomic E-state index is 10.7. The molecule has 1 N–H and O–H groups in total. The average molecular weight is 165 g/mol. The van der Waals surface area contributed by atoms with E-state index in [2.05, 4.69) is 5.18 Å². The third kappa shape index (κ3) is 1.32. The normalized spacial score (nSPS) is 9.42. The fourth-order valence-corrected chi connectivity index (χ4v) is 0.881. The summed E-state index contributed by atoms with van der Waals surface area (Å²) >= 11 is 0. The quantitative estimate of drug-likeness (QED) is 0.642. The summed E-state index contributed by atoms with van der Waals surface area (Å²) in [4.78, 5) is 20.6. The summed E-state index contributed by atoms with van der Waals surface area (Å²) in [5, 5.41) is 11.5. The first kappa shape index (κ1) is 8.39. The predicted molar refractivity (Wildman–Crippen MR) is 43.0 cm³/mol. The van der Waals surface area contributed by atoms with Crippen LogP contribution < -0.4 is 0 Å². The number of nitrogens with zero attached hydrogens (tertiary/aromatic N) is 1. The lowest BCUT2D eigenvalue weighted by Crippen LogP contribution is -1.94. The van der Waals surface area contributed by atoms with Gasteiger partial charge in [0.15, 0.2) is 0 Å². The van der Waals surface area contributed by atoms with Crippen LogP contribution in [0.25, 0.3) is 0 Å². The van der Waals surface area contributed by atoms with Gasteiger partial charge in [-0.15, -0.1) is 4.91 Å². The fourth-order valence-electron chi connectivity index (χ4n) is 0.881. The largest absolute Gasteiger partial charge is 0.507 e. The minimum atomic E-state index is -0.948. The Bertz CT molecular complexity index is 333. The molecule has 1 rings (SSSR count). The standard InChI is InChI=1S/C8H7NO3/c1-5-3-2-4-6(7(5)10)8(11)9-12/h2-4,10H,1H3. The lowest BCUT2D eigenvalue weighted by Gasteiger charge is -2.00. The molecule has 0 saturated heterocycles. The molecule has 0 aromatic heterocycles. The highest BCUT2D eigenvalue weighted by molar-refractivity contribution is 5.97. The molecular weight excluding hydrogens is 158 g/mol. The second kappa shape index (κ2) is 3.13. The number of phenols is 1. The number of benzene rings is 1. The summed E-state index contributed by atoms with van der Waals surface area (Å²) in [6.45, 7) is 1.64. The van der Waals surface area contributed by atoms with Crippen molar-refractivity contribution in [3.8, 4) is 5.75 Å². The van der Waals surface area contributed by atoms with Gasteiger partial charge < -0.3 is 5.11 Å². The zero-order valence-electron chi connectivity index (χ0n) is 6.44. The van der Waals surface area contributed by atoms with Crippen molar-refractivity contribution in [2.24, 2.45) is 5.18 Å². The van der Waals surface area contributed by atoms with E-state index in [-0.39, 0.29) is 11.3 Å². The van der Waals surface area contributed by atoms with Gasteiger partial charge in [0, 0.05) is 5.18 Å². The molecule has 0 fully saturated rings. The van der Waals surface area contributed by atoms with Crippen LogP contribution in [0.2, 0.25) is 0 Å². The number of rotatable bonds is 1. The van der Waals surface area contributed by atoms with Gasteiger partial charge in [0.25, 0.3) is 0 Å². The van der Waals surface area contributed by atoms with Gasteiger partial charge in [-0.25, -0.2) is 0 Å². The molecule has 0 radical (unpaired) electrons. The number of aryl methyl sites for hydroxylation is 1. The Morgan fingerprint density at radius 1 is 1.50 bits per heavy atom. The van der Waals surface area contributed by atoms with Crippen LogP contribution in [0.1, 0.15) is 15.9 Å². The Morgan fingerprint density at radius 3 is 2.75 bits per heavy atom. The minimum absolute atomic E-state index is 0.0509. The fraction of sp³-hybridized carbons (Fsp3) is 0.125. The summed E-state index contributed by atoms with van der Waals surface area (Å²) in [5.74, 6) is -1.13. The number of carbonyl (C=O) groups excluding carboxylic acids is 1. The van der Waals surface area contributed by atoms with Crippen LogP contribution in [0.3, 0.4) is 0 Å². The zero-order valence-corrected chi connectivity index (χ0v) is 6.44.